The maximum atomic E-state index is 12.7. The maximum Gasteiger partial charge on any atom is 0.321 e. The molecule has 0 radical (unpaired) electrons. The van der Waals surface area contributed by atoms with Crippen molar-refractivity contribution >= 4 is 29.3 Å². The standard InChI is InChI=1S/C18H23N5O2S/c1-12(24)13-6-4-8-15(10-13)19-17(25)23-9-5-7-14(11-23)16-20-21-18(26-3)22(16)2/h4,6,8,10,14H,5,7,9,11H2,1-3H3,(H,19,25). The lowest BCUT2D eigenvalue weighted by Gasteiger charge is -2.32. The van der Waals surface area contributed by atoms with Gasteiger partial charge in [-0.25, -0.2) is 4.79 Å². The molecule has 1 aliphatic heterocycles. The summed E-state index contributed by atoms with van der Waals surface area (Å²) in [7, 11) is 1.97. The minimum absolute atomic E-state index is 0.0222. The first-order chi connectivity index (χ1) is 12.5. The van der Waals surface area contributed by atoms with E-state index in [0.29, 0.717) is 24.3 Å². The van der Waals surface area contributed by atoms with Gasteiger partial charge in [-0.3, -0.25) is 4.79 Å². The zero-order chi connectivity index (χ0) is 18.7. The van der Waals surface area contributed by atoms with Crippen LogP contribution in [0.4, 0.5) is 10.5 Å². The third-order valence-corrected chi connectivity index (χ3v) is 5.37. The number of rotatable bonds is 4. The average Bonchev–Trinajstić information content (AvgIpc) is 3.02. The second kappa shape index (κ2) is 7.90. The van der Waals surface area contributed by atoms with Gasteiger partial charge in [0.05, 0.1) is 0 Å². The molecule has 1 fully saturated rings. The van der Waals surface area contributed by atoms with Crippen molar-refractivity contribution in [3.05, 3.63) is 35.7 Å². The minimum atomic E-state index is -0.150. The van der Waals surface area contributed by atoms with E-state index in [1.165, 1.54) is 6.92 Å². The fraction of sp³-hybridized carbons (Fsp3) is 0.444. The molecule has 138 valence electrons. The molecule has 1 N–H and O–H groups in total. The number of aromatic nitrogens is 3. The molecule has 1 aromatic carbocycles. The molecule has 0 spiro atoms. The lowest BCUT2D eigenvalue weighted by Crippen LogP contribution is -2.42. The Morgan fingerprint density at radius 1 is 1.31 bits per heavy atom. The molecule has 1 unspecified atom stereocenters. The number of ketones is 1. The van der Waals surface area contributed by atoms with Crippen molar-refractivity contribution < 1.29 is 9.59 Å². The highest BCUT2D eigenvalue weighted by Gasteiger charge is 2.28. The first-order valence-corrected chi connectivity index (χ1v) is 9.82. The Hall–Kier alpha value is -2.35. The number of amides is 2. The number of anilines is 1. The van der Waals surface area contributed by atoms with Crippen LogP contribution < -0.4 is 5.32 Å². The molecule has 1 atom stereocenters. The molecule has 1 aliphatic rings. The number of benzene rings is 1. The molecule has 2 aromatic rings. The predicted molar refractivity (Wildman–Crippen MR) is 102 cm³/mol. The van der Waals surface area contributed by atoms with E-state index in [9.17, 15) is 9.59 Å². The van der Waals surface area contributed by atoms with Gasteiger partial charge in [-0.05, 0) is 38.2 Å². The molecule has 8 heteroatoms. The summed E-state index contributed by atoms with van der Waals surface area (Å²) in [6.45, 7) is 2.83. The van der Waals surface area contributed by atoms with E-state index in [4.69, 9.17) is 0 Å². The molecular weight excluding hydrogens is 350 g/mol. The Kier molecular flexibility index (Phi) is 5.61. The highest BCUT2D eigenvalue weighted by molar-refractivity contribution is 7.98. The third-order valence-electron chi connectivity index (χ3n) is 4.65. The van der Waals surface area contributed by atoms with Gasteiger partial charge in [0.1, 0.15) is 5.82 Å². The number of nitrogens with zero attached hydrogens (tertiary/aromatic N) is 4. The van der Waals surface area contributed by atoms with Gasteiger partial charge in [-0.1, -0.05) is 23.9 Å². The molecule has 3 rings (SSSR count). The lowest BCUT2D eigenvalue weighted by atomic mass is 9.97. The lowest BCUT2D eigenvalue weighted by molar-refractivity contribution is 0.101. The van der Waals surface area contributed by atoms with Gasteiger partial charge in [-0.2, -0.15) is 0 Å². The van der Waals surface area contributed by atoms with Crippen molar-refractivity contribution in [3.8, 4) is 0 Å². The molecule has 26 heavy (non-hydrogen) atoms. The fourth-order valence-corrected chi connectivity index (χ4v) is 3.74. The van der Waals surface area contributed by atoms with E-state index >= 15 is 0 Å². The quantitative estimate of drug-likeness (QED) is 0.658. The summed E-state index contributed by atoms with van der Waals surface area (Å²) >= 11 is 1.56. The molecule has 2 amide bonds. The highest BCUT2D eigenvalue weighted by Crippen LogP contribution is 2.27. The minimum Gasteiger partial charge on any atom is -0.324 e. The van der Waals surface area contributed by atoms with Crippen LogP contribution in [-0.2, 0) is 7.05 Å². The number of nitrogens with one attached hydrogen (secondary N) is 1. The van der Waals surface area contributed by atoms with Crippen LogP contribution in [0.1, 0.15) is 41.9 Å². The van der Waals surface area contributed by atoms with Crippen molar-refractivity contribution in [3.63, 3.8) is 0 Å². The Morgan fingerprint density at radius 2 is 2.12 bits per heavy atom. The topological polar surface area (TPSA) is 80.1 Å². The monoisotopic (exact) mass is 373 g/mol. The van der Waals surface area contributed by atoms with Crippen LogP contribution in [0.2, 0.25) is 0 Å². The SMILES string of the molecule is CSc1nnc(C2CCCN(C(=O)Nc3cccc(C(C)=O)c3)C2)n1C. The summed E-state index contributed by atoms with van der Waals surface area (Å²) in [6.07, 6.45) is 3.89. The largest absolute Gasteiger partial charge is 0.324 e. The van der Waals surface area contributed by atoms with Crippen LogP contribution in [0.5, 0.6) is 0 Å². The number of carbonyl (C=O) groups excluding carboxylic acids is 2. The van der Waals surface area contributed by atoms with E-state index in [1.807, 2.05) is 22.8 Å². The van der Waals surface area contributed by atoms with Crippen LogP contribution in [0.15, 0.2) is 29.4 Å². The zero-order valence-corrected chi connectivity index (χ0v) is 16.0. The summed E-state index contributed by atoms with van der Waals surface area (Å²) in [5, 5.41) is 12.3. The molecule has 1 aromatic heterocycles. The number of hydrogen-bond acceptors (Lipinski definition) is 5. The number of carbonyl (C=O) groups is 2. The highest BCUT2D eigenvalue weighted by atomic mass is 32.2. The number of hydrogen-bond donors (Lipinski definition) is 1. The Labute approximate surface area is 157 Å². The predicted octanol–water partition coefficient (Wildman–Crippen LogP) is 3.15. The van der Waals surface area contributed by atoms with Crippen LogP contribution in [0.25, 0.3) is 0 Å². The summed E-state index contributed by atoms with van der Waals surface area (Å²) in [5.74, 6) is 1.08. The number of likely N-dealkylation sites (tertiary alicyclic amines) is 1. The van der Waals surface area contributed by atoms with Gasteiger partial charge < -0.3 is 14.8 Å². The Morgan fingerprint density at radius 3 is 2.81 bits per heavy atom. The van der Waals surface area contributed by atoms with E-state index < -0.39 is 0 Å². The number of thioether (sulfide) groups is 1. The first-order valence-electron chi connectivity index (χ1n) is 8.59. The van der Waals surface area contributed by atoms with Crippen molar-refractivity contribution in [2.45, 2.75) is 30.8 Å². The van der Waals surface area contributed by atoms with Gasteiger partial charge in [0.25, 0.3) is 0 Å². The molecule has 2 heterocycles. The second-order valence-electron chi connectivity index (χ2n) is 6.46. The molecule has 0 aliphatic carbocycles. The maximum absolute atomic E-state index is 12.7. The number of Topliss-reactive ketones (excluding diaryl/α,β-unsaturated/α-hetero) is 1. The fourth-order valence-electron chi connectivity index (χ4n) is 3.25. The Balaban J connectivity index is 1.69. The van der Waals surface area contributed by atoms with Crippen LogP contribution >= 0.6 is 11.8 Å². The molecule has 0 saturated carbocycles. The van der Waals surface area contributed by atoms with Gasteiger partial charge in [0.2, 0.25) is 0 Å². The molecular formula is C18H23N5O2S. The van der Waals surface area contributed by atoms with Gasteiger partial charge >= 0.3 is 6.03 Å². The summed E-state index contributed by atoms with van der Waals surface area (Å²) in [4.78, 5) is 26.0. The average molecular weight is 373 g/mol. The molecule has 7 nitrogen and oxygen atoms in total. The zero-order valence-electron chi connectivity index (χ0n) is 15.2. The van der Waals surface area contributed by atoms with Crippen LogP contribution in [0.3, 0.4) is 0 Å². The smallest absolute Gasteiger partial charge is 0.321 e. The van der Waals surface area contributed by atoms with Gasteiger partial charge in [-0.15, -0.1) is 10.2 Å². The van der Waals surface area contributed by atoms with Gasteiger partial charge in [0, 0.05) is 37.3 Å². The Bertz CT molecular complexity index is 820. The second-order valence-corrected chi connectivity index (χ2v) is 7.23. The normalized spacial score (nSPS) is 17.2. The summed E-state index contributed by atoms with van der Waals surface area (Å²) < 4.78 is 2.01. The van der Waals surface area contributed by atoms with Crippen molar-refractivity contribution in [1.82, 2.24) is 19.7 Å². The van der Waals surface area contributed by atoms with E-state index in [0.717, 1.165) is 23.8 Å². The van der Waals surface area contributed by atoms with Crippen LogP contribution in [-0.4, -0.2) is 50.8 Å². The van der Waals surface area contributed by atoms with E-state index in [-0.39, 0.29) is 17.7 Å². The third kappa shape index (κ3) is 3.90. The van der Waals surface area contributed by atoms with Crippen molar-refractivity contribution in [2.75, 3.05) is 24.7 Å². The number of piperidine rings is 1. The first kappa shape index (κ1) is 18.4. The molecule has 0 bridgehead atoms. The van der Waals surface area contributed by atoms with E-state index in [1.54, 1.807) is 36.0 Å². The van der Waals surface area contributed by atoms with Crippen LogP contribution in [0, 0.1) is 0 Å². The van der Waals surface area contributed by atoms with Crippen molar-refractivity contribution in [2.24, 2.45) is 7.05 Å². The molecule has 1 saturated heterocycles. The summed E-state index contributed by atoms with van der Waals surface area (Å²) in [6, 6.07) is 6.86. The summed E-state index contributed by atoms with van der Waals surface area (Å²) in [5.41, 5.74) is 1.22. The van der Waals surface area contributed by atoms with Gasteiger partial charge in [0.15, 0.2) is 10.9 Å². The number of urea groups is 1. The van der Waals surface area contributed by atoms with Crippen molar-refractivity contribution in [1.29, 1.82) is 0 Å². The van der Waals surface area contributed by atoms with E-state index in [2.05, 4.69) is 15.5 Å².